The summed E-state index contributed by atoms with van der Waals surface area (Å²) in [6, 6.07) is 21.6. The van der Waals surface area contributed by atoms with Crippen LogP contribution in [0.3, 0.4) is 0 Å². The van der Waals surface area contributed by atoms with E-state index in [1.807, 2.05) is 48.5 Å². The van der Waals surface area contributed by atoms with Gasteiger partial charge in [0, 0.05) is 10.8 Å². The van der Waals surface area contributed by atoms with E-state index in [4.69, 9.17) is 16.3 Å². The Bertz CT molecular complexity index is 1260. The van der Waals surface area contributed by atoms with Crippen molar-refractivity contribution in [2.24, 2.45) is 0 Å². The number of fused-ring (bicyclic) bond motifs is 3. The van der Waals surface area contributed by atoms with Gasteiger partial charge in [-0.05, 0) is 30.5 Å². The number of rotatable bonds is 5. The zero-order chi connectivity index (χ0) is 21.1. The highest BCUT2D eigenvalue weighted by Gasteiger charge is 2.20. The van der Waals surface area contributed by atoms with Crippen LogP contribution in [0.4, 0.5) is 0 Å². The Hall–Kier alpha value is -3.44. The van der Waals surface area contributed by atoms with Gasteiger partial charge >= 0.3 is 5.97 Å². The molecule has 0 saturated carbocycles. The third kappa shape index (κ3) is 3.98. The Morgan fingerprint density at radius 3 is 2.33 bits per heavy atom. The van der Waals surface area contributed by atoms with Crippen molar-refractivity contribution in [3.63, 3.8) is 0 Å². The molecule has 0 aliphatic rings. The summed E-state index contributed by atoms with van der Waals surface area (Å²) in [6.07, 6.45) is 0. The van der Waals surface area contributed by atoms with E-state index in [1.165, 1.54) is 0 Å². The molecule has 0 fully saturated rings. The smallest absolute Gasteiger partial charge is 0.328 e. The third-order valence-electron chi connectivity index (χ3n) is 4.86. The lowest BCUT2D eigenvalue weighted by Gasteiger charge is -2.15. The van der Waals surface area contributed by atoms with Gasteiger partial charge in [0.05, 0.1) is 21.8 Å². The zero-order valence-corrected chi connectivity index (χ0v) is 17.0. The number of para-hydroxylation sites is 1. The first-order valence-corrected chi connectivity index (χ1v) is 9.91. The lowest BCUT2D eigenvalue weighted by molar-refractivity contribution is -0.146. The Kier molecular flexibility index (Phi) is 5.63. The van der Waals surface area contributed by atoms with Crippen molar-refractivity contribution in [1.29, 1.82) is 0 Å². The Morgan fingerprint density at radius 1 is 0.933 bits per heavy atom. The van der Waals surface area contributed by atoms with Gasteiger partial charge in [0.25, 0.3) is 5.91 Å². The van der Waals surface area contributed by atoms with Crippen molar-refractivity contribution in [3.05, 3.63) is 89.1 Å². The summed E-state index contributed by atoms with van der Waals surface area (Å²) in [5.74, 6) is -0.978. The molecule has 0 aliphatic heterocycles. The third-order valence-corrected chi connectivity index (χ3v) is 5.19. The van der Waals surface area contributed by atoms with E-state index in [2.05, 4.69) is 10.3 Å². The predicted octanol–water partition coefficient (Wildman–Crippen LogP) is 4.90. The molecule has 4 aromatic rings. The number of hydrogen-bond donors (Lipinski definition) is 1. The molecule has 1 atom stereocenters. The number of esters is 1. The van der Waals surface area contributed by atoms with E-state index >= 15 is 0 Å². The van der Waals surface area contributed by atoms with E-state index in [0.717, 1.165) is 21.7 Å². The van der Waals surface area contributed by atoms with Gasteiger partial charge in [0.2, 0.25) is 0 Å². The number of carbonyl (C=O) groups is 2. The monoisotopic (exact) mass is 418 g/mol. The van der Waals surface area contributed by atoms with Crippen LogP contribution in [0.1, 0.15) is 23.0 Å². The molecular formula is C24H19ClN2O3. The maximum atomic E-state index is 12.5. The molecule has 1 N–H and O–H groups in total. The number of halogens is 1. The molecule has 1 unspecified atom stereocenters. The van der Waals surface area contributed by atoms with Crippen LogP contribution in [-0.4, -0.2) is 22.9 Å². The molecule has 0 bridgehead atoms. The zero-order valence-electron chi connectivity index (χ0n) is 16.3. The molecule has 0 radical (unpaired) electrons. The topological polar surface area (TPSA) is 68.3 Å². The Labute approximate surface area is 178 Å². The van der Waals surface area contributed by atoms with Gasteiger partial charge in [0.1, 0.15) is 12.6 Å². The first kappa shape index (κ1) is 19.9. The van der Waals surface area contributed by atoms with Crippen LogP contribution in [0.2, 0.25) is 5.02 Å². The van der Waals surface area contributed by atoms with Crippen molar-refractivity contribution in [2.45, 2.75) is 19.6 Å². The number of hydrogen-bond acceptors (Lipinski definition) is 4. The number of carbonyl (C=O) groups excluding carboxylic acids is 2. The maximum absolute atomic E-state index is 12.5. The fourth-order valence-corrected chi connectivity index (χ4v) is 3.55. The van der Waals surface area contributed by atoms with Crippen molar-refractivity contribution < 1.29 is 14.3 Å². The second-order valence-corrected chi connectivity index (χ2v) is 7.31. The highest BCUT2D eigenvalue weighted by atomic mass is 35.5. The molecule has 150 valence electrons. The summed E-state index contributed by atoms with van der Waals surface area (Å²) < 4.78 is 5.46. The SMILES string of the molecule is CC(NC(=O)c1ccccc1Cl)C(=O)OCc1nc2ccccc2c2ccccc12. The summed E-state index contributed by atoms with van der Waals surface area (Å²) in [5, 5.41) is 5.97. The second-order valence-electron chi connectivity index (χ2n) is 6.90. The minimum Gasteiger partial charge on any atom is -0.458 e. The first-order valence-electron chi connectivity index (χ1n) is 9.53. The Morgan fingerprint density at radius 2 is 1.57 bits per heavy atom. The number of benzene rings is 3. The summed E-state index contributed by atoms with van der Waals surface area (Å²) in [6.45, 7) is 1.58. The minimum absolute atomic E-state index is 0.0104. The molecule has 0 aliphatic carbocycles. The molecule has 1 heterocycles. The van der Waals surface area contributed by atoms with Crippen LogP contribution in [0, 0.1) is 0 Å². The number of amides is 1. The Balaban J connectivity index is 1.50. The van der Waals surface area contributed by atoms with Crippen molar-refractivity contribution in [2.75, 3.05) is 0 Å². The van der Waals surface area contributed by atoms with Gasteiger partial charge in [-0.15, -0.1) is 0 Å². The molecule has 0 spiro atoms. The van der Waals surface area contributed by atoms with Gasteiger partial charge < -0.3 is 10.1 Å². The van der Waals surface area contributed by atoms with Crippen LogP contribution in [0.15, 0.2) is 72.8 Å². The number of nitrogens with zero attached hydrogens (tertiary/aromatic N) is 1. The van der Waals surface area contributed by atoms with Crippen LogP contribution in [-0.2, 0) is 16.1 Å². The van der Waals surface area contributed by atoms with Crippen molar-refractivity contribution >= 4 is 45.2 Å². The molecule has 0 saturated heterocycles. The maximum Gasteiger partial charge on any atom is 0.328 e. The van der Waals surface area contributed by atoms with E-state index in [0.29, 0.717) is 16.3 Å². The lowest BCUT2D eigenvalue weighted by atomic mass is 10.0. The van der Waals surface area contributed by atoms with E-state index in [1.54, 1.807) is 31.2 Å². The number of ether oxygens (including phenoxy) is 1. The molecular weight excluding hydrogens is 400 g/mol. The normalized spacial score (nSPS) is 11.9. The summed E-state index contributed by atoms with van der Waals surface area (Å²) in [7, 11) is 0. The van der Waals surface area contributed by atoms with Gasteiger partial charge in [0.15, 0.2) is 0 Å². The van der Waals surface area contributed by atoms with Crippen LogP contribution >= 0.6 is 11.6 Å². The van der Waals surface area contributed by atoms with Crippen LogP contribution in [0.5, 0.6) is 0 Å². The predicted molar refractivity (Wildman–Crippen MR) is 117 cm³/mol. The largest absolute Gasteiger partial charge is 0.458 e. The fourth-order valence-electron chi connectivity index (χ4n) is 3.33. The molecule has 1 amide bonds. The minimum atomic E-state index is -0.833. The summed E-state index contributed by atoms with van der Waals surface area (Å²) >= 11 is 6.04. The van der Waals surface area contributed by atoms with Gasteiger partial charge in [-0.3, -0.25) is 4.79 Å². The quantitative estimate of drug-likeness (QED) is 0.369. The first-order chi connectivity index (χ1) is 14.5. The van der Waals surface area contributed by atoms with Crippen LogP contribution < -0.4 is 5.32 Å². The molecule has 30 heavy (non-hydrogen) atoms. The molecule has 6 heteroatoms. The highest BCUT2D eigenvalue weighted by Crippen LogP contribution is 2.26. The lowest BCUT2D eigenvalue weighted by Crippen LogP contribution is -2.39. The molecule has 5 nitrogen and oxygen atoms in total. The molecule has 4 rings (SSSR count). The average molecular weight is 419 g/mol. The van der Waals surface area contributed by atoms with Crippen molar-refractivity contribution in [1.82, 2.24) is 10.3 Å². The van der Waals surface area contributed by atoms with E-state index in [-0.39, 0.29) is 6.61 Å². The molecule has 1 aromatic heterocycles. The number of nitrogens with one attached hydrogen (secondary N) is 1. The summed E-state index contributed by atoms with van der Waals surface area (Å²) in [5.41, 5.74) is 1.81. The molecule has 3 aromatic carbocycles. The fraction of sp³-hybridized carbons (Fsp3) is 0.125. The van der Waals surface area contributed by atoms with Crippen molar-refractivity contribution in [3.8, 4) is 0 Å². The number of pyridine rings is 1. The standard InChI is InChI=1S/C24H19ClN2O3/c1-15(26-23(28)19-11-4-6-12-20(19)25)24(29)30-14-22-18-10-3-2-8-16(18)17-9-5-7-13-21(17)27-22/h2-13,15H,14H2,1H3,(H,26,28). The highest BCUT2D eigenvalue weighted by molar-refractivity contribution is 6.33. The number of aromatic nitrogens is 1. The van der Waals surface area contributed by atoms with Gasteiger partial charge in [-0.2, -0.15) is 0 Å². The van der Waals surface area contributed by atoms with Gasteiger partial charge in [-0.25, -0.2) is 9.78 Å². The van der Waals surface area contributed by atoms with Gasteiger partial charge in [-0.1, -0.05) is 66.2 Å². The second kappa shape index (κ2) is 8.51. The average Bonchev–Trinajstić information content (AvgIpc) is 2.77. The summed E-state index contributed by atoms with van der Waals surface area (Å²) in [4.78, 5) is 29.5. The van der Waals surface area contributed by atoms with E-state index < -0.39 is 17.9 Å². The van der Waals surface area contributed by atoms with E-state index in [9.17, 15) is 9.59 Å². The van der Waals surface area contributed by atoms with Crippen LogP contribution in [0.25, 0.3) is 21.7 Å².